The minimum Gasteiger partial charge on any atom is -0.377 e. The molecule has 1 aromatic rings. The van der Waals surface area contributed by atoms with Crippen molar-refractivity contribution in [2.75, 3.05) is 19.0 Å². The molecule has 0 aliphatic heterocycles. The number of nitrogens with zero attached hydrogens (tertiary/aromatic N) is 2. The van der Waals surface area contributed by atoms with Gasteiger partial charge in [0.15, 0.2) is 5.82 Å². The number of methoxy groups -OCH3 is 1. The van der Waals surface area contributed by atoms with E-state index in [1.807, 2.05) is 20.8 Å². The van der Waals surface area contributed by atoms with Crippen LogP contribution in [0, 0.1) is 13.8 Å². The lowest BCUT2D eigenvalue weighted by Crippen LogP contribution is -2.08. The highest BCUT2D eigenvalue weighted by Crippen LogP contribution is 2.14. The molecule has 78 valence electrons. The Morgan fingerprint density at radius 1 is 1.29 bits per heavy atom. The molecular formula is C10H17N3O. The van der Waals surface area contributed by atoms with E-state index >= 15 is 0 Å². The molecule has 0 bridgehead atoms. The molecule has 0 aliphatic rings. The summed E-state index contributed by atoms with van der Waals surface area (Å²) in [5.74, 6) is 1.64. The van der Waals surface area contributed by atoms with Gasteiger partial charge in [-0.1, -0.05) is 0 Å². The van der Waals surface area contributed by atoms with Gasteiger partial charge >= 0.3 is 0 Å². The predicted octanol–water partition coefficient (Wildman–Crippen LogP) is 1.67. The Kier molecular flexibility index (Phi) is 3.83. The van der Waals surface area contributed by atoms with Gasteiger partial charge in [-0.2, -0.15) is 0 Å². The van der Waals surface area contributed by atoms with Crippen molar-refractivity contribution in [3.63, 3.8) is 0 Å². The minimum absolute atomic E-state index is 0.458. The molecule has 1 N–H and O–H groups in total. The Morgan fingerprint density at radius 2 is 2.00 bits per heavy atom. The lowest BCUT2D eigenvalue weighted by molar-refractivity contribution is 0.177. The van der Waals surface area contributed by atoms with Gasteiger partial charge in [0.25, 0.3) is 0 Å². The van der Waals surface area contributed by atoms with Crippen molar-refractivity contribution in [1.82, 2.24) is 9.97 Å². The fourth-order valence-corrected chi connectivity index (χ4v) is 1.22. The largest absolute Gasteiger partial charge is 0.377 e. The zero-order chi connectivity index (χ0) is 10.6. The van der Waals surface area contributed by atoms with Gasteiger partial charge in [0.1, 0.15) is 12.4 Å². The number of anilines is 1. The fourth-order valence-electron chi connectivity index (χ4n) is 1.22. The van der Waals surface area contributed by atoms with Crippen LogP contribution >= 0.6 is 0 Å². The van der Waals surface area contributed by atoms with Gasteiger partial charge in [-0.3, -0.25) is 0 Å². The molecule has 0 atom stereocenters. The summed E-state index contributed by atoms with van der Waals surface area (Å²) < 4.78 is 5.00. The van der Waals surface area contributed by atoms with Gasteiger partial charge < -0.3 is 10.1 Å². The second-order valence-corrected chi connectivity index (χ2v) is 3.16. The molecule has 0 spiro atoms. The third-order valence-corrected chi connectivity index (χ3v) is 2.05. The number of aryl methyl sites for hydroxylation is 1. The van der Waals surface area contributed by atoms with Crippen LogP contribution < -0.4 is 5.32 Å². The van der Waals surface area contributed by atoms with Crippen molar-refractivity contribution in [2.45, 2.75) is 27.4 Å². The molecule has 0 saturated carbocycles. The highest BCUT2D eigenvalue weighted by Gasteiger charge is 2.06. The molecule has 4 nitrogen and oxygen atoms in total. The van der Waals surface area contributed by atoms with Gasteiger partial charge in [0.05, 0.1) is 0 Å². The molecule has 4 heteroatoms. The second kappa shape index (κ2) is 4.91. The molecule has 0 fully saturated rings. The third-order valence-electron chi connectivity index (χ3n) is 2.05. The fraction of sp³-hybridized carbons (Fsp3) is 0.600. The molecule has 0 radical (unpaired) electrons. The maximum Gasteiger partial charge on any atom is 0.156 e. The van der Waals surface area contributed by atoms with Crippen LogP contribution in [0.4, 0.5) is 5.82 Å². The van der Waals surface area contributed by atoms with E-state index in [0.717, 1.165) is 29.4 Å². The van der Waals surface area contributed by atoms with E-state index in [2.05, 4.69) is 15.3 Å². The summed E-state index contributed by atoms with van der Waals surface area (Å²) in [5, 5.41) is 3.21. The number of aromatic nitrogens is 2. The van der Waals surface area contributed by atoms with E-state index in [0.29, 0.717) is 6.61 Å². The quantitative estimate of drug-likeness (QED) is 0.794. The third kappa shape index (κ3) is 2.42. The van der Waals surface area contributed by atoms with Crippen molar-refractivity contribution in [3.8, 4) is 0 Å². The molecule has 14 heavy (non-hydrogen) atoms. The van der Waals surface area contributed by atoms with Gasteiger partial charge in [-0.25, -0.2) is 9.97 Å². The Morgan fingerprint density at radius 3 is 2.57 bits per heavy atom. The Balaban J connectivity index is 3.01. The first-order valence-electron chi connectivity index (χ1n) is 4.76. The molecule has 0 unspecified atom stereocenters. The predicted molar refractivity (Wildman–Crippen MR) is 56.4 cm³/mol. The summed E-state index contributed by atoms with van der Waals surface area (Å²) in [6.45, 7) is 7.37. The number of hydrogen-bond donors (Lipinski definition) is 1. The molecule has 0 amide bonds. The molecule has 1 aromatic heterocycles. The summed E-state index contributed by atoms with van der Waals surface area (Å²) in [7, 11) is 1.64. The van der Waals surface area contributed by atoms with E-state index in [-0.39, 0.29) is 0 Å². The van der Waals surface area contributed by atoms with Crippen molar-refractivity contribution in [2.24, 2.45) is 0 Å². The molecule has 0 aliphatic carbocycles. The van der Waals surface area contributed by atoms with E-state index in [1.165, 1.54) is 0 Å². The van der Waals surface area contributed by atoms with Gasteiger partial charge in [0.2, 0.25) is 0 Å². The monoisotopic (exact) mass is 195 g/mol. The van der Waals surface area contributed by atoms with Crippen LogP contribution in [0.25, 0.3) is 0 Å². The number of hydrogen-bond acceptors (Lipinski definition) is 4. The Bertz CT molecular complexity index is 312. The average Bonchev–Trinajstić information content (AvgIpc) is 2.14. The minimum atomic E-state index is 0.458. The van der Waals surface area contributed by atoms with Crippen LogP contribution in [0.3, 0.4) is 0 Å². The van der Waals surface area contributed by atoms with Crippen molar-refractivity contribution in [3.05, 3.63) is 17.1 Å². The first kappa shape index (κ1) is 10.9. The highest BCUT2D eigenvalue weighted by molar-refractivity contribution is 5.45. The SMILES string of the molecule is CCNc1nc(COC)nc(C)c1C. The lowest BCUT2D eigenvalue weighted by Gasteiger charge is -2.10. The zero-order valence-electron chi connectivity index (χ0n) is 9.22. The van der Waals surface area contributed by atoms with E-state index in [1.54, 1.807) is 7.11 Å². The van der Waals surface area contributed by atoms with Crippen molar-refractivity contribution in [1.29, 1.82) is 0 Å². The van der Waals surface area contributed by atoms with Crippen LogP contribution in [-0.2, 0) is 11.3 Å². The van der Waals surface area contributed by atoms with Crippen LogP contribution in [-0.4, -0.2) is 23.6 Å². The van der Waals surface area contributed by atoms with E-state index in [4.69, 9.17) is 4.74 Å². The first-order valence-corrected chi connectivity index (χ1v) is 4.76. The summed E-state index contributed by atoms with van der Waals surface area (Å²) in [5.41, 5.74) is 2.11. The van der Waals surface area contributed by atoms with Crippen LogP contribution in [0.15, 0.2) is 0 Å². The second-order valence-electron chi connectivity index (χ2n) is 3.16. The van der Waals surface area contributed by atoms with Crippen LogP contribution in [0.2, 0.25) is 0 Å². The molecular weight excluding hydrogens is 178 g/mol. The van der Waals surface area contributed by atoms with Gasteiger partial charge in [-0.15, -0.1) is 0 Å². The summed E-state index contributed by atoms with van der Waals surface area (Å²) >= 11 is 0. The highest BCUT2D eigenvalue weighted by atomic mass is 16.5. The van der Waals surface area contributed by atoms with Gasteiger partial charge in [0, 0.05) is 24.9 Å². The summed E-state index contributed by atoms with van der Waals surface area (Å²) in [6, 6.07) is 0. The van der Waals surface area contributed by atoms with Gasteiger partial charge in [-0.05, 0) is 20.8 Å². The number of nitrogens with one attached hydrogen (secondary N) is 1. The van der Waals surface area contributed by atoms with E-state index < -0.39 is 0 Å². The van der Waals surface area contributed by atoms with E-state index in [9.17, 15) is 0 Å². The van der Waals surface area contributed by atoms with Crippen molar-refractivity contribution >= 4 is 5.82 Å². The Labute approximate surface area is 84.7 Å². The average molecular weight is 195 g/mol. The normalized spacial score (nSPS) is 10.3. The zero-order valence-corrected chi connectivity index (χ0v) is 9.22. The summed E-state index contributed by atoms with van der Waals surface area (Å²) in [4.78, 5) is 8.69. The smallest absolute Gasteiger partial charge is 0.156 e. The molecule has 0 aromatic carbocycles. The topological polar surface area (TPSA) is 47.0 Å². The van der Waals surface area contributed by atoms with Crippen LogP contribution in [0.5, 0.6) is 0 Å². The number of rotatable bonds is 4. The van der Waals surface area contributed by atoms with Crippen molar-refractivity contribution < 1.29 is 4.74 Å². The summed E-state index contributed by atoms with van der Waals surface area (Å²) in [6.07, 6.45) is 0. The standard InChI is InChI=1S/C10H17N3O/c1-5-11-10-7(2)8(3)12-9(13-10)6-14-4/h5-6H2,1-4H3,(H,11,12,13). The molecule has 1 heterocycles. The molecule has 1 rings (SSSR count). The maximum atomic E-state index is 5.00. The lowest BCUT2D eigenvalue weighted by atomic mass is 10.2. The molecule has 0 saturated heterocycles. The number of ether oxygens (including phenoxy) is 1. The Hall–Kier alpha value is -1.16. The first-order chi connectivity index (χ1) is 6.69. The maximum absolute atomic E-state index is 5.00. The van der Waals surface area contributed by atoms with Crippen LogP contribution in [0.1, 0.15) is 24.0 Å².